The molecule has 3 aromatic heterocycles. The van der Waals surface area contributed by atoms with Gasteiger partial charge in [0.2, 0.25) is 0 Å². The minimum atomic E-state index is -0.804. The molecule has 0 aliphatic carbocycles. The Morgan fingerprint density at radius 3 is 2.57 bits per heavy atom. The van der Waals surface area contributed by atoms with Crippen LogP contribution in [0.25, 0.3) is 5.69 Å². The maximum atomic E-state index is 13.7. The lowest BCUT2D eigenvalue weighted by molar-refractivity contribution is 0.292. The van der Waals surface area contributed by atoms with Crippen LogP contribution >= 0.6 is 0 Å². The Morgan fingerprint density at radius 2 is 1.89 bits per heavy atom. The monoisotopic (exact) mass is 381 g/mol. The van der Waals surface area contributed by atoms with Crippen molar-refractivity contribution in [2.75, 3.05) is 0 Å². The highest BCUT2D eigenvalue weighted by molar-refractivity contribution is 5.46. The van der Waals surface area contributed by atoms with E-state index in [0.717, 1.165) is 17.8 Å². The molecule has 28 heavy (non-hydrogen) atoms. The van der Waals surface area contributed by atoms with Crippen LogP contribution in [0.1, 0.15) is 29.6 Å². The summed E-state index contributed by atoms with van der Waals surface area (Å²) in [6, 6.07) is 5.45. The van der Waals surface area contributed by atoms with Crippen LogP contribution in [-0.2, 0) is 6.61 Å². The van der Waals surface area contributed by atoms with Crippen molar-refractivity contribution in [1.29, 1.82) is 0 Å². The largest absolute Gasteiger partial charge is 0.487 e. The van der Waals surface area contributed by atoms with E-state index < -0.39 is 11.6 Å². The standard InChI is InChI=1S/C21H17F2N3O2/c1-4-5-16-8-20(13(2)10-24-16)26-14(3)6-17(9-21(26)27)28-12-19-18(23)7-15(22)11-25-19/h6-11H,12H2,1-3H3. The third-order valence-electron chi connectivity index (χ3n) is 4.02. The topological polar surface area (TPSA) is 57.0 Å². The van der Waals surface area contributed by atoms with Crippen LogP contribution in [0.2, 0.25) is 0 Å². The molecule has 0 aliphatic rings. The molecule has 0 spiro atoms. The fourth-order valence-corrected chi connectivity index (χ4v) is 2.72. The van der Waals surface area contributed by atoms with Gasteiger partial charge < -0.3 is 4.74 Å². The molecule has 0 bridgehead atoms. The van der Waals surface area contributed by atoms with E-state index in [1.807, 2.05) is 6.92 Å². The van der Waals surface area contributed by atoms with Gasteiger partial charge in [0.25, 0.3) is 5.56 Å². The van der Waals surface area contributed by atoms with Crippen molar-refractivity contribution in [3.8, 4) is 23.3 Å². The average molecular weight is 381 g/mol. The molecule has 3 rings (SSSR count). The van der Waals surface area contributed by atoms with E-state index in [1.165, 1.54) is 10.6 Å². The van der Waals surface area contributed by atoms with Crippen LogP contribution in [-0.4, -0.2) is 14.5 Å². The molecule has 5 nitrogen and oxygen atoms in total. The van der Waals surface area contributed by atoms with Gasteiger partial charge in [0.15, 0.2) is 5.82 Å². The summed E-state index contributed by atoms with van der Waals surface area (Å²) in [5, 5.41) is 0. The van der Waals surface area contributed by atoms with Gasteiger partial charge in [-0.1, -0.05) is 5.92 Å². The van der Waals surface area contributed by atoms with Gasteiger partial charge in [0, 0.05) is 30.1 Å². The average Bonchev–Trinajstić information content (AvgIpc) is 2.63. The number of aryl methyl sites for hydroxylation is 2. The molecule has 0 aliphatic heterocycles. The van der Waals surface area contributed by atoms with E-state index in [1.54, 1.807) is 32.2 Å². The van der Waals surface area contributed by atoms with Crippen LogP contribution in [0, 0.1) is 37.3 Å². The van der Waals surface area contributed by atoms with Gasteiger partial charge >= 0.3 is 0 Å². The highest BCUT2D eigenvalue weighted by Gasteiger charge is 2.12. The summed E-state index contributed by atoms with van der Waals surface area (Å²) in [7, 11) is 0. The number of aromatic nitrogens is 3. The summed E-state index contributed by atoms with van der Waals surface area (Å²) >= 11 is 0. The zero-order chi connectivity index (χ0) is 20.3. The van der Waals surface area contributed by atoms with Crippen molar-refractivity contribution in [3.05, 3.63) is 81.3 Å². The summed E-state index contributed by atoms with van der Waals surface area (Å²) in [5.74, 6) is 4.35. The predicted octanol–water partition coefficient (Wildman–Crippen LogP) is 3.47. The first kappa shape index (κ1) is 19.2. The zero-order valence-electron chi connectivity index (χ0n) is 15.6. The van der Waals surface area contributed by atoms with E-state index in [-0.39, 0.29) is 23.6 Å². The molecule has 0 unspecified atom stereocenters. The van der Waals surface area contributed by atoms with Crippen LogP contribution < -0.4 is 10.3 Å². The Labute approximate surface area is 160 Å². The van der Waals surface area contributed by atoms with Crippen molar-refractivity contribution in [2.45, 2.75) is 27.4 Å². The second kappa shape index (κ2) is 8.01. The van der Waals surface area contributed by atoms with Crippen LogP contribution in [0.15, 0.2) is 41.5 Å². The molecule has 0 saturated heterocycles. The maximum absolute atomic E-state index is 13.7. The van der Waals surface area contributed by atoms with E-state index in [9.17, 15) is 13.6 Å². The lowest BCUT2D eigenvalue weighted by Crippen LogP contribution is -2.21. The van der Waals surface area contributed by atoms with E-state index in [0.29, 0.717) is 17.1 Å². The van der Waals surface area contributed by atoms with Gasteiger partial charge in [0.05, 0.1) is 11.9 Å². The molecule has 0 aromatic carbocycles. The molecule has 0 N–H and O–H groups in total. The fraction of sp³-hybridized carbons (Fsp3) is 0.190. The van der Waals surface area contributed by atoms with Gasteiger partial charge in [-0.25, -0.2) is 13.8 Å². The molecular formula is C21H17F2N3O2. The number of halogens is 2. The quantitative estimate of drug-likeness (QED) is 0.650. The molecule has 0 amide bonds. The summed E-state index contributed by atoms with van der Waals surface area (Å²) in [4.78, 5) is 20.6. The Morgan fingerprint density at radius 1 is 1.11 bits per heavy atom. The molecular weight excluding hydrogens is 364 g/mol. The molecule has 0 radical (unpaired) electrons. The predicted molar refractivity (Wildman–Crippen MR) is 100 cm³/mol. The lowest BCUT2D eigenvalue weighted by Gasteiger charge is -2.14. The number of hydrogen-bond donors (Lipinski definition) is 0. The normalized spacial score (nSPS) is 10.3. The van der Waals surface area contributed by atoms with Gasteiger partial charge in [-0.3, -0.25) is 14.3 Å². The van der Waals surface area contributed by atoms with Gasteiger partial charge in [0.1, 0.15) is 29.6 Å². The molecule has 7 heteroatoms. The SMILES string of the molecule is CC#Cc1cc(-n2c(C)cc(OCc3ncc(F)cc3F)cc2=O)c(C)cn1. The van der Waals surface area contributed by atoms with Gasteiger partial charge in [-0.15, -0.1) is 0 Å². The smallest absolute Gasteiger partial charge is 0.259 e. The van der Waals surface area contributed by atoms with Crippen molar-refractivity contribution in [1.82, 2.24) is 14.5 Å². The van der Waals surface area contributed by atoms with Crippen LogP contribution in [0.4, 0.5) is 8.78 Å². The molecule has 0 atom stereocenters. The highest BCUT2D eigenvalue weighted by atomic mass is 19.1. The van der Waals surface area contributed by atoms with Gasteiger partial charge in [-0.05, 0) is 38.3 Å². The lowest BCUT2D eigenvalue weighted by atomic mass is 10.2. The van der Waals surface area contributed by atoms with Crippen LogP contribution in [0.3, 0.4) is 0 Å². The van der Waals surface area contributed by atoms with Crippen molar-refractivity contribution >= 4 is 0 Å². The zero-order valence-corrected chi connectivity index (χ0v) is 15.6. The van der Waals surface area contributed by atoms with E-state index >= 15 is 0 Å². The summed E-state index contributed by atoms with van der Waals surface area (Å²) in [6.07, 6.45) is 2.57. The Bertz CT molecular complexity index is 1160. The molecule has 3 heterocycles. The number of pyridine rings is 3. The summed E-state index contributed by atoms with van der Waals surface area (Å²) in [5.41, 5.74) is 2.32. The first-order valence-electron chi connectivity index (χ1n) is 8.45. The molecule has 3 aromatic rings. The minimum absolute atomic E-state index is 0.0454. The van der Waals surface area contributed by atoms with Crippen LogP contribution in [0.5, 0.6) is 5.75 Å². The van der Waals surface area contributed by atoms with Crippen molar-refractivity contribution in [3.63, 3.8) is 0 Å². The minimum Gasteiger partial charge on any atom is -0.487 e. The first-order valence-corrected chi connectivity index (χ1v) is 8.45. The Balaban J connectivity index is 1.92. The highest BCUT2D eigenvalue weighted by Crippen LogP contribution is 2.19. The number of ether oxygens (including phenoxy) is 1. The number of nitrogens with zero attached hydrogens (tertiary/aromatic N) is 3. The molecule has 142 valence electrons. The second-order valence-electron chi connectivity index (χ2n) is 6.11. The number of rotatable bonds is 4. The van der Waals surface area contributed by atoms with Crippen molar-refractivity contribution < 1.29 is 13.5 Å². The maximum Gasteiger partial charge on any atom is 0.259 e. The van der Waals surface area contributed by atoms with E-state index in [2.05, 4.69) is 21.8 Å². The second-order valence-corrected chi connectivity index (χ2v) is 6.11. The molecule has 0 saturated carbocycles. The van der Waals surface area contributed by atoms with E-state index in [4.69, 9.17) is 4.74 Å². The Kier molecular flexibility index (Phi) is 5.50. The van der Waals surface area contributed by atoms with Gasteiger partial charge in [-0.2, -0.15) is 0 Å². The number of hydrogen-bond acceptors (Lipinski definition) is 4. The summed E-state index contributed by atoms with van der Waals surface area (Å²) < 4.78 is 33.6. The van der Waals surface area contributed by atoms with Crippen molar-refractivity contribution in [2.24, 2.45) is 0 Å². The summed E-state index contributed by atoms with van der Waals surface area (Å²) in [6.45, 7) is 5.10. The Hall–Kier alpha value is -3.53. The third kappa shape index (κ3) is 4.07. The third-order valence-corrected chi connectivity index (χ3v) is 4.02. The first-order chi connectivity index (χ1) is 13.4. The fourth-order valence-electron chi connectivity index (χ4n) is 2.72. The molecule has 0 fully saturated rings.